The van der Waals surface area contributed by atoms with Crippen LogP contribution in [0.25, 0.3) is 0 Å². The van der Waals surface area contributed by atoms with Gasteiger partial charge in [-0.3, -0.25) is 9.59 Å². The summed E-state index contributed by atoms with van der Waals surface area (Å²) in [6, 6.07) is 37.6. The number of carbonyl (C=O) groups excluding carboxylic acids is 2. The van der Waals surface area contributed by atoms with Crippen molar-refractivity contribution in [2.45, 2.75) is 6.92 Å². The Bertz CT molecular complexity index is 1850. The SMILES string of the molecule is COc1ccc(Oc2ccc(C(=O)c3ccc(C)cc3)cc2)cc1.O=C(c1ccc(F)cc1)c1ccc(F)cc1.[Na+].[Na+].[O-]c1ccc([O-])cc1. The molecule has 0 unspecified atom stereocenters. The van der Waals surface area contributed by atoms with Gasteiger partial charge in [-0.1, -0.05) is 54.1 Å². The van der Waals surface area contributed by atoms with Gasteiger partial charge in [0, 0.05) is 22.3 Å². The van der Waals surface area contributed by atoms with Gasteiger partial charge in [0.25, 0.3) is 0 Å². The summed E-state index contributed by atoms with van der Waals surface area (Å²) in [5.41, 5.74) is 3.22. The van der Waals surface area contributed by atoms with Crippen molar-refractivity contribution in [2.24, 2.45) is 0 Å². The van der Waals surface area contributed by atoms with Crippen molar-refractivity contribution < 1.29 is 97.2 Å². The van der Waals surface area contributed by atoms with Gasteiger partial charge in [-0.15, -0.1) is 11.5 Å². The maximum Gasteiger partial charge on any atom is 1.00 e. The molecule has 0 radical (unpaired) electrons. The largest absolute Gasteiger partial charge is 1.00 e. The zero-order valence-corrected chi connectivity index (χ0v) is 32.1. The maximum absolute atomic E-state index is 12.6. The van der Waals surface area contributed by atoms with Gasteiger partial charge in [0.05, 0.1) is 7.11 Å². The van der Waals surface area contributed by atoms with Crippen LogP contribution in [0.2, 0.25) is 0 Å². The molecule has 0 aromatic heterocycles. The van der Waals surface area contributed by atoms with E-state index >= 15 is 0 Å². The third kappa shape index (κ3) is 13.2. The summed E-state index contributed by atoms with van der Waals surface area (Å²) in [6.07, 6.45) is 0. The smallest absolute Gasteiger partial charge is 0.872 e. The van der Waals surface area contributed by atoms with Crippen LogP contribution in [0.5, 0.6) is 28.7 Å². The molecule has 0 bridgehead atoms. The Kier molecular flexibility index (Phi) is 17.6. The molecular weight excluding hydrogens is 660 g/mol. The van der Waals surface area contributed by atoms with Gasteiger partial charge in [-0.05, 0) is 104 Å². The quantitative estimate of drug-likeness (QED) is 0.188. The van der Waals surface area contributed by atoms with Crippen molar-refractivity contribution in [3.63, 3.8) is 0 Å². The van der Waals surface area contributed by atoms with Gasteiger partial charge in [0.1, 0.15) is 28.9 Å². The minimum atomic E-state index is -0.393. The molecule has 50 heavy (non-hydrogen) atoms. The van der Waals surface area contributed by atoms with Crippen LogP contribution in [0.1, 0.15) is 37.4 Å². The van der Waals surface area contributed by atoms with Gasteiger partial charge in [-0.25, -0.2) is 8.78 Å². The Morgan fingerprint density at radius 2 is 0.740 bits per heavy atom. The summed E-state index contributed by atoms with van der Waals surface area (Å²) >= 11 is 0. The fraction of sp³-hybridized carbons (Fsp3) is 0.0500. The molecule has 242 valence electrons. The Hall–Kier alpha value is -4.28. The molecule has 0 saturated heterocycles. The third-order valence-electron chi connectivity index (χ3n) is 6.76. The molecule has 0 heterocycles. The number of aryl methyl sites for hydroxylation is 1. The number of halogens is 2. The summed E-state index contributed by atoms with van der Waals surface area (Å²) in [6.45, 7) is 2.00. The van der Waals surface area contributed by atoms with Crippen LogP contribution < -0.4 is 78.8 Å². The number of rotatable bonds is 7. The first-order valence-electron chi connectivity index (χ1n) is 14.6. The molecule has 6 rings (SSSR count). The van der Waals surface area contributed by atoms with Crippen LogP contribution in [0, 0.1) is 18.6 Å². The minimum absolute atomic E-state index is 0. The standard InChI is InChI=1S/C21H18O3.C13H8F2O.C6H6O2.2Na/c1-15-3-5-16(6-4-15)21(22)17-7-9-19(10-8-17)24-20-13-11-18(23-2)12-14-20;14-11-5-1-9(2-6-11)13(16)10-3-7-12(15)8-4-10;7-5-1-2-6(8)4-3-5;;/h3-14H,1-2H3;1-8H;1-4,7-8H;;/q;;;2*+1/p-2. The molecular formula is C40H30F2Na2O6. The summed E-state index contributed by atoms with van der Waals surface area (Å²) in [7, 11) is 1.62. The fourth-order valence-electron chi connectivity index (χ4n) is 4.13. The number of methoxy groups -OCH3 is 1. The molecule has 0 saturated carbocycles. The molecule has 0 N–H and O–H groups in total. The maximum atomic E-state index is 12.6. The predicted molar refractivity (Wildman–Crippen MR) is 176 cm³/mol. The average molecular weight is 691 g/mol. The van der Waals surface area contributed by atoms with E-state index in [1.165, 1.54) is 72.8 Å². The van der Waals surface area contributed by atoms with Crippen molar-refractivity contribution in [1.82, 2.24) is 0 Å². The molecule has 6 nitrogen and oxygen atoms in total. The molecule has 0 aliphatic heterocycles. The number of ether oxygens (including phenoxy) is 2. The second-order valence-corrected chi connectivity index (χ2v) is 10.3. The van der Waals surface area contributed by atoms with E-state index in [0.29, 0.717) is 33.8 Å². The van der Waals surface area contributed by atoms with Crippen LogP contribution in [0.3, 0.4) is 0 Å². The number of hydrogen-bond donors (Lipinski definition) is 0. The van der Waals surface area contributed by atoms with Crippen molar-refractivity contribution in [1.29, 1.82) is 0 Å². The first-order chi connectivity index (χ1) is 23.1. The van der Waals surface area contributed by atoms with E-state index < -0.39 is 11.6 Å². The van der Waals surface area contributed by atoms with Gasteiger partial charge in [0.2, 0.25) is 0 Å². The van der Waals surface area contributed by atoms with Gasteiger partial charge in [0.15, 0.2) is 11.6 Å². The van der Waals surface area contributed by atoms with Gasteiger partial charge >= 0.3 is 59.1 Å². The molecule has 10 heteroatoms. The number of carbonyl (C=O) groups is 2. The minimum Gasteiger partial charge on any atom is -0.872 e. The Morgan fingerprint density at radius 1 is 0.460 bits per heavy atom. The Morgan fingerprint density at radius 3 is 1.08 bits per heavy atom. The monoisotopic (exact) mass is 690 g/mol. The van der Waals surface area contributed by atoms with E-state index in [-0.39, 0.29) is 82.2 Å². The average Bonchev–Trinajstić information content (AvgIpc) is 3.11. The molecule has 0 aliphatic rings. The second kappa shape index (κ2) is 21.1. The van der Waals surface area contributed by atoms with Crippen molar-refractivity contribution in [2.75, 3.05) is 7.11 Å². The molecule has 0 aliphatic carbocycles. The second-order valence-electron chi connectivity index (χ2n) is 10.3. The first-order valence-corrected chi connectivity index (χ1v) is 14.6. The normalized spacial score (nSPS) is 9.60. The molecule has 0 fully saturated rings. The van der Waals surface area contributed by atoms with E-state index in [2.05, 4.69) is 0 Å². The van der Waals surface area contributed by atoms with Gasteiger partial charge < -0.3 is 19.7 Å². The Balaban J connectivity index is 0.000000287. The van der Waals surface area contributed by atoms with Crippen molar-refractivity contribution in [3.8, 4) is 28.7 Å². The fourth-order valence-corrected chi connectivity index (χ4v) is 4.13. The van der Waals surface area contributed by atoms with E-state index in [9.17, 15) is 28.6 Å². The number of benzene rings is 6. The zero-order valence-electron chi connectivity index (χ0n) is 28.1. The van der Waals surface area contributed by atoms with Crippen LogP contribution in [-0.2, 0) is 0 Å². The van der Waals surface area contributed by atoms with Crippen LogP contribution in [0.4, 0.5) is 8.78 Å². The van der Waals surface area contributed by atoms with Gasteiger partial charge in [-0.2, -0.15) is 0 Å². The van der Waals surface area contributed by atoms with E-state index in [1.807, 2.05) is 55.5 Å². The summed E-state index contributed by atoms with van der Waals surface area (Å²) in [5.74, 6) is 0.905. The zero-order chi connectivity index (χ0) is 34.5. The van der Waals surface area contributed by atoms with Crippen molar-refractivity contribution >= 4 is 11.6 Å². The molecule has 0 atom stereocenters. The van der Waals surface area contributed by atoms with E-state index in [0.717, 1.165) is 11.3 Å². The first kappa shape index (κ1) is 41.9. The molecule has 0 amide bonds. The van der Waals surface area contributed by atoms with E-state index in [4.69, 9.17) is 9.47 Å². The topological polar surface area (TPSA) is 98.7 Å². The van der Waals surface area contributed by atoms with E-state index in [1.54, 1.807) is 31.4 Å². The van der Waals surface area contributed by atoms with Crippen LogP contribution >= 0.6 is 0 Å². The summed E-state index contributed by atoms with van der Waals surface area (Å²) in [4.78, 5) is 24.3. The number of ketones is 2. The summed E-state index contributed by atoms with van der Waals surface area (Å²) < 4.78 is 36.2. The molecule has 6 aromatic rings. The molecule has 0 spiro atoms. The third-order valence-corrected chi connectivity index (χ3v) is 6.76. The van der Waals surface area contributed by atoms with Crippen LogP contribution in [-0.4, -0.2) is 18.7 Å². The Labute approximate surface area is 333 Å². The van der Waals surface area contributed by atoms with Crippen molar-refractivity contribution in [3.05, 3.63) is 185 Å². The van der Waals surface area contributed by atoms with Crippen LogP contribution in [0.15, 0.2) is 146 Å². The predicted octanol–water partition coefficient (Wildman–Crippen LogP) is 2.06. The number of hydrogen-bond acceptors (Lipinski definition) is 6. The summed E-state index contributed by atoms with van der Waals surface area (Å²) in [5, 5.41) is 20.6. The molecule has 6 aromatic carbocycles.